The van der Waals surface area contributed by atoms with Gasteiger partial charge in [-0.05, 0) is 0 Å². The van der Waals surface area contributed by atoms with Gasteiger partial charge in [0.05, 0.1) is 12.2 Å². The number of primary amides is 1. The summed E-state index contributed by atoms with van der Waals surface area (Å²) in [4.78, 5) is 14.4. The normalized spacial score (nSPS) is 12.8. The molecule has 0 bridgehead atoms. The van der Waals surface area contributed by atoms with Gasteiger partial charge in [-0.15, -0.1) is 11.3 Å². The lowest BCUT2D eigenvalue weighted by Crippen LogP contribution is -2.20. The molecule has 0 radical (unpaired) electrons. The van der Waals surface area contributed by atoms with Gasteiger partial charge in [0, 0.05) is 6.42 Å². The van der Waals surface area contributed by atoms with Crippen LogP contribution in [0.4, 0.5) is 0 Å². The lowest BCUT2D eigenvalue weighted by molar-refractivity contribution is -0.118. The van der Waals surface area contributed by atoms with Crippen LogP contribution in [0.3, 0.4) is 0 Å². The third-order valence-electron chi connectivity index (χ3n) is 1.23. The molecule has 0 fully saturated rings. The van der Waals surface area contributed by atoms with Crippen LogP contribution < -0.4 is 11.5 Å². The molecule has 0 spiro atoms. The molecule has 0 saturated carbocycles. The second-order valence-corrected chi connectivity index (χ2v) is 3.97. The molecular formula is C6H8ClN3OS. The van der Waals surface area contributed by atoms with E-state index in [0.717, 1.165) is 0 Å². The van der Waals surface area contributed by atoms with E-state index in [1.807, 2.05) is 0 Å². The Bertz CT molecular complexity index is 288. The van der Waals surface area contributed by atoms with E-state index in [1.54, 1.807) is 0 Å². The molecule has 1 unspecified atom stereocenters. The summed E-state index contributed by atoms with van der Waals surface area (Å²) in [5, 5.41) is 0.638. The van der Waals surface area contributed by atoms with Crippen molar-refractivity contribution < 1.29 is 4.79 Å². The molecule has 0 aromatic carbocycles. The predicted octanol–water partition coefficient (Wildman–Crippen LogP) is 0.672. The summed E-state index contributed by atoms with van der Waals surface area (Å²) in [6.45, 7) is 0. The highest BCUT2D eigenvalue weighted by atomic mass is 35.5. The number of rotatable bonds is 3. The van der Waals surface area contributed by atoms with Crippen molar-refractivity contribution in [2.75, 3.05) is 0 Å². The van der Waals surface area contributed by atoms with E-state index in [0.29, 0.717) is 9.34 Å². The highest BCUT2D eigenvalue weighted by Gasteiger charge is 2.12. The third-order valence-corrected chi connectivity index (χ3v) is 2.48. The molecule has 1 atom stereocenters. The van der Waals surface area contributed by atoms with Gasteiger partial charge < -0.3 is 11.5 Å². The topological polar surface area (TPSA) is 82.0 Å². The van der Waals surface area contributed by atoms with Crippen LogP contribution in [0, 0.1) is 0 Å². The lowest BCUT2D eigenvalue weighted by atomic mass is 10.2. The number of thiazole rings is 1. The van der Waals surface area contributed by atoms with Crippen LogP contribution in [0.25, 0.3) is 0 Å². The summed E-state index contributed by atoms with van der Waals surface area (Å²) in [5.41, 5.74) is 10.6. The maximum atomic E-state index is 10.5. The monoisotopic (exact) mass is 205 g/mol. The van der Waals surface area contributed by atoms with Crippen molar-refractivity contribution in [2.45, 2.75) is 12.5 Å². The molecule has 1 aromatic heterocycles. The molecule has 0 aliphatic rings. The molecular weight excluding hydrogens is 198 g/mol. The average molecular weight is 206 g/mol. The van der Waals surface area contributed by atoms with Crippen molar-refractivity contribution >= 4 is 28.8 Å². The number of carbonyl (C=O) groups excluding carboxylic acids is 1. The van der Waals surface area contributed by atoms with Crippen LogP contribution in [-0.2, 0) is 4.79 Å². The molecule has 6 heteroatoms. The van der Waals surface area contributed by atoms with E-state index in [9.17, 15) is 4.79 Å². The van der Waals surface area contributed by atoms with Gasteiger partial charge in [0.25, 0.3) is 0 Å². The zero-order valence-electron chi connectivity index (χ0n) is 6.16. The Hall–Kier alpha value is -0.650. The minimum atomic E-state index is -0.436. The molecule has 1 aromatic rings. The van der Waals surface area contributed by atoms with Gasteiger partial charge in [-0.2, -0.15) is 0 Å². The van der Waals surface area contributed by atoms with E-state index in [2.05, 4.69) is 4.98 Å². The quantitative estimate of drug-likeness (QED) is 0.761. The van der Waals surface area contributed by atoms with E-state index in [1.165, 1.54) is 17.5 Å². The zero-order valence-corrected chi connectivity index (χ0v) is 7.73. The van der Waals surface area contributed by atoms with Crippen LogP contribution in [0.15, 0.2) is 6.20 Å². The molecule has 0 saturated heterocycles. The fraction of sp³-hybridized carbons (Fsp3) is 0.333. The Morgan fingerprint density at radius 1 is 1.83 bits per heavy atom. The van der Waals surface area contributed by atoms with E-state index in [-0.39, 0.29) is 6.42 Å². The Balaban J connectivity index is 2.64. The number of nitrogens with zero attached hydrogens (tertiary/aromatic N) is 1. The van der Waals surface area contributed by atoms with Gasteiger partial charge in [0.15, 0.2) is 0 Å². The van der Waals surface area contributed by atoms with Crippen molar-refractivity contribution in [1.82, 2.24) is 4.98 Å². The summed E-state index contributed by atoms with van der Waals surface area (Å²) in [7, 11) is 0. The minimum absolute atomic E-state index is 0.101. The van der Waals surface area contributed by atoms with Gasteiger partial charge >= 0.3 is 0 Å². The smallest absolute Gasteiger partial charge is 0.219 e. The highest BCUT2D eigenvalue weighted by molar-refractivity contribution is 7.15. The first-order valence-corrected chi connectivity index (χ1v) is 4.44. The molecule has 4 N–H and O–H groups in total. The van der Waals surface area contributed by atoms with E-state index in [4.69, 9.17) is 23.1 Å². The van der Waals surface area contributed by atoms with Crippen molar-refractivity contribution in [3.05, 3.63) is 15.5 Å². The molecule has 0 aliphatic carbocycles. The maximum absolute atomic E-state index is 10.5. The fourth-order valence-corrected chi connectivity index (χ4v) is 1.67. The number of nitrogens with two attached hydrogens (primary N) is 2. The van der Waals surface area contributed by atoms with Crippen LogP contribution in [0.5, 0.6) is 0 Å². The largest absolute Gasteiger partial charge is 0.370 e. The summed E-state index contributed by atoms with van der Waals surface area (Å²) < 4.78 is 0.560. The van der Waals surface area contributed by atoms with Gasteiger partial charge in [0.2, 0.25) is 5.91 Å². The number of halogens is 1. The van der Waals surface area contributed by atoms with Crippen LogP contribution >= 0.6 is 22.9 Å². The minimum Gasteiger partial charge on any atom is -0.370 e. The molecule has 1 heterocycles. The summed E-state index contributed by atoms with van der Waals surface area (Å²) in [6.07, 6.45) is 1.60. The first-order chi connectivity index (χ1) is 5.59. The number of carbonyl (C=O) groups is 1. The van der Waals surface area contributed by atoms with E-state index >= 15 is 0 Å². The predicted molar refractivity (Wildman–Crippen MR) is 47.9 cm³/mol. The number of hydrogen-bond donors (Lipinski definition) is 2. The van der Waals surface area contributed by atoms with Crippen molar-refractivity contribution in [3.63, 3.8) is 0 Å². The number of aromatic nitrogens is 1. The lowest BCUT2D eigenvalue weighted by Gasteiger charge is -2.03. The van der Waals surface area contributed by atoms with Crippen molar-refractivity contribution in [3.8, 4) is 0 Å². The summed E-state index contributed by atoms with van der Waals surface area (Å²) in [5.74, 6) is -0.436. The first-order valence-electron chi connectivity index (χ1n) is 3.24. The average Bonchev–Trinajstić information content (AvgIpc) is 2.34. The second-order valence-electron chi connectivity index (χ2n) is 2.28. The van der Waals surface area contributed by atoms with Crippen LogP contribution in [-0.4, -0.2) is 10.9 Å². The SMILES string of the molecule is NC(=O)CC(N)c1ncc(Cl)s1. The highest BCUT2D eigenvalue weighted by Crippen LogP contribution is 2.23. The molecule has 66 valence electrons. The van der Waals surface area contributed by atoms with Crippen molar-refractivity contribution in [2.24, 2.45) is 11.5 Å². The Morgan fingerprint density at radius 2 is 2.50 bits per heavy atom. The Labute approximate surface area is 78.5 Å². The van der Waals surface area contributed by atoms with Gasteiger partial charge in [0.1, 0.15) is 9.34 Å². The van der Waals surface area contributed by atoms with Crippen LogP contribution in [0.2, 0.25) is 4.34 Å². The van der Waals surface area contributed by atoms with Gasteiger partial charge in [-0.25, -0.2) is 4.98 Å². The molecule has 4 nitrogen and oxygen atoms in total. The Morgan fingerprint density at radius 3 is 2.92 bits per heavy atom. The number of hydrogen-bond acceptors (Lipinski definition) is 4. The Kier molecular flexibility index (Phi) is 3.02. The summed E-state index contributed by atoms with van der Waals surface area (Å²) in [6, 6.07) is -0.431. The van der Waals surface area contributed by atoms with Gasteiger partial charge in [-0.3, -0.25) is 4.79 Å². The second kappa shape index (κ2) is 3.84. The zero-order chi connectivity index (χ0) is 9.14. The van der Waals surface area contributed by atoms with Crippen LogP contribution in [0.1, 0.15) is 17.5 Å². The standard InChI is InChI=1S/C6H8ClN3OS/c7-4-2-10-6(12-4)3(8)1-5(9)11/h2-3H,1,8H2,(H2,9,11). The molecule has 0 aliphatic heterocycles. The van der Waals surface area contributed by atoms with Gasteiger partial charge in [-0.1, -0.05) is 11.6 Å². The maximum Gasteiger partial charge on any atom is 0.219 e. The summed E-state index contributed by atoms with van der Waals surface area (Å²) >= 11 is 6.88. The molecule has 1 amide bonds. The number of amides is 1. The fourth-order valence-electron chi connectivity index (χ4n) is 0.742. The first kappa shape index (κ1) is 9.44. The molecule has 12 heavy (non-hydrogen) atoms. The third kappa shape index (κ3) is 2.44. The molecule has 1 rings (SSSR count). The van der Waals surface area contributed by atoms with E-state index < -0.39 is 11.9 Å². The van der Waals surface area contributed by atoms with Crippen molar-refractivity contribution in [1.29, 1.82) is 0 Å².